The number of benzene rings is 1. The smallest absolute Gasteiger partial charge is 0.162 e. The van der Waals surface area contributed by atoms with Crippen LogP contribution in [0, 0.1) is 0 Å². The van der Waals surface area contributed by atoms with Crippen molar-refractivity contribution in [3.05, 3.63) is 29.8 Å². The van der Waals surface area contributed by atoms with Gasteiger partial charge in [0.2, 0.25) is 0 Å². The van der Waals surface area contributed by atoms with Crippen LogP contribution < -0.4 is 10.1 Å². The van der Waals surface area contributed by atoms with Crippen LogP contribution in [0.15, 0.2) is 24.3 Å². The lowest BCUT2D eigenvalue weighted by Gasteiger charge is -2.36. The van der Waals surface area contributed by atoms with Crippen molar-refractivity contribution < 1.29 is 14.2 Å². The molecule has 19 heavy (non-hydrogen) atoms. The van der Waals surface area contributed by atoms with Crippen molar-refractivity contribution in [2.45, 2.75) is 38.6 Å². The largest absolute Gasteiger partial charge is 0.497 e. The molecular weight excluding hydrogens is 242 g/mol. The molecule has 0 aromatic heterocycles. The summed E-state index contributed by atoms with van der Waals surface area (Å²) in [6, 6.07) is 8.58. The third-order valence-electron chi connectivity index (χ3n) is 3.37. The first kappa shape index (κ1) is 14.3. The van der Waals surface area contributed by atoms with Crippen LogP contribution in [0.25, 0.3) is 0 Å². The molecule has 0 radical (unpaired) electrons. The Bertz CT molecular complexity index is 392. The molecule has 1 aliphatic rings. The topological polar surface area (TPSA) is 39.7 Å². The van der Waals surface area contributed by atoms with Gasteiger partial charge in [-0.15, -0.1) is 0 Å². The Hall–Kier alpha value is -1.10. The third-order valence-corrected chi connectivity index (χ3v) is 3.37. The molecule has 1 heterocycles. The van der Waals surface area contributed by atoms with Crippen molar-refractivity contribution >= 4 is 0 Å². The summed E-state index contributed by atoms with van der Waals surface area (Å²) in [4.78, 5) is 0. The van der Waals surface area contributed by atoms with E-state index in [9.17, 15) is 0 Å². The van der Waals surface area contributed by atoms with Gasteiger partial charge in [-0.05, 0) is 38.5 Å². The van der Waals surface area contributed by atoms with E-state index in [1.165, 1.54) is 5.56 Å². The molecule has 0 saturated carbocycles. The highest BCUT2D eigenvalue weighted by Crippen LogP contribution is 2.21. The molecule has 1 N–H and O–H groups in total. The lowest BCUT2D eigenvalue weighted by molar-refractivity contribution is -0.253. The van der Waals surface area contributed by atoms with Gasteiger partial charge in [-0.1, -0.05) is 12.1 Å². The van der Waals surface area contributed by atoms with E-state index in [4.69, 9.17) is 14.2 Å². The van der Waals surface area contributed by atoms with E-state index in [1.807, 2.05) is 26.0 Å². The molecule has 0 bridgehead atoms. The van der Waals surface area contributed by atoms with Crippen LogP contribution in [0.3, 0.4) is 0 Å². The second kappa shape index (κ2) is 5.90. The normalized spacial score (nSPS) is 21.1. The second-order valence-corrected chi connectivity index (χ2v) is 5.38. The van der Waals surface area contributed by atoms with E-state index in [0.29, 0.717) is 13.2 Å². The lowest BCUT2D eigenvalue weighted by Crippen LogP contribution is -2.49. The maximum Gasteiger partial charge on any atom is 0.162 e. The van der Waals surface area contributed by atoms with Gasteiger partial charge in [0.05, 0.1) is 26.4 Å². The van der Waals surface area contributed by atoms with E-state index >= 15 is 0 Å². The molecular formula is C15H23NO3. The molecule has 1 aliphatic heterocycles. The first-order chi connectivity index (χ1) is 9.00. The number of rotatable bonds is 4. The van der Waals surface area contributed by atoms with Gasteiger partial charge in [-0.25, -0.2) is 0 Å². The fourth-order valence-electron chi connectivity index (χ4n) is 2.13. The van der Waals surface area contributed by atoms with Crippen LogP contribution in [0.5, 0.6) is 5.75 Å². The molecule has 0 amide bonds. The van der Waals surface area contributed by atoms with E-state index in [1.54, 1.807) is 7.11 Å². The molecule has 0 aliphatic carbocycles. The van der Waals surface area contributed by atoms with E-state index in [-0.39, 0.29) is 12.1 Å². The highest BCUT2D eigenvalue weighted by Gasteiger charge is 2.28. The number of hydrogen-bond donors (Lipinski definition) is 1. The number of hydrogen-bond acceptors (Lipinski definition) is 4. The zero-order valence-electron chi connectivity index (χ0n) is 12.1. The van der Waals surface area contributed by atoms with Crippen LogP contribution in [0.1, 0.15) is 32.4 Å². The van der Waals surface area contributed by atoms with Crippen LogP contribution in [0.4, 0.5) is 0 Å². The van der Waals surface area contributed by atoms with Crippen LogP contribution >= 0.6 is 0 Å². The summed E-state index contributed by atoms with van der Waals surface area (Å²) in [5, 5.41) is 3.52. The van der Waals surface area contributed by atoms with Crippen molar-refractivity contribution in [2.24, 2.45) is 0 Å². The SMILES string of the molecule is COc1ccc([C@@H](C)NC2COC(C)(C)OC2)cc1. The maximum atomic E-state index is 5.65. The Morgan fingerprint density at radius 1 is 1.21 bits per heavy atom. The Morgan fingerprint density at radius 2 is 1.79 bits per heavy atom. The summed E-state index contributed by atoms with van der Waals surface area (Å²) in [5.74, 6) is 0.420. The van der Waals surface area contributed by atoms with Crippen LogP contribution in [-0.2, 0) is 9.47 Å². The van der Waals surface area contributed by atoms with Crippen molar-refractivity contribution in [2.75, 3.05) is 20.3 Å². The maximum absolute atomic E-state index is 5.65. The first-order valence-electron chi connectivity index (χ1n) is 6.68. The highest BCUT2D eigenvalue weighted by molar-refractivity contribution is 5.28. The monoisotopic (exact) mass is 265 g/mol. The van der Waals surface area contributed by atoms with Gasteiger partial charge in [0.1, 0.15) is 5.75 Å². The standard InChI is InChI=1S/C15H23NO3/c1-11(12-5-7-14(17-4)8-6-12)16-13-9-18-15(2,3)19-10-13/h5-8,11,13,16H,9-10H2,1-4H3/t11-/m1/s1. The number of ether oxygens (including phenoxy) is 3. The number of methoxy groups -OCH3 is 1. The molecule has 4 heteroatoms. The zero-order chi connectivity index (χ0) is 13.9. The minimum atomic E-state index is -0.457. The Balaban J connectivity index is 1.88. The fraction of sp³-hybridized carbons (Fsp3) is 0.600. The van der Waals surface area contributed by atoms with Gasteiger partial charge >= 0.3 is 0 Å². The van der Waals surface area contributed by atoms with Crippen LogP contribution in [-0.4, -0.2) is 32.2 Å². The molecule has 2 rings (SSSR count). The summed E-state index contributed by atoms with van der Waals surface area (Å²) in [6.45, 7) is 7.37. The average molecular weight is 265 g/mol. The first-order valence-corrected chi connectivity index (χ1v) is 6.68. The molecule has 4 nitrogen and oxygen atoms in total. The summed E-state index contributed by atoms with van der Waals surface area (Å²) in [7, 11) is 1.68. The predicted molar refractivity (Wildman–Crippen MR) is 74.3 cm³/mol. The summed E-state index contributed by atoms with van der Waals surface area (Å²) in [5.41, 5.74) is 1.23. The Morgan fingerprint density at radius 3 is 2.32 bits per heavy atom. The molecule has 0 unspecified atom stereocenters. The van der Waals surface area contributed by atoms with Gasteiger partial charge in [-0.2, -0.15) is 0 Å². The molecule has 106 valence electrons. The minimum absolute atomic E-state index is 0.227. The third kappa shape index (κ3) is 3.93. The van der Waals surface area contributed by atoms with Crippen molar-refractivity contribution in [3.8, 4) is 5.75 Å². The van der Waals surface area contributed by atoms with Crippen molar-refractivity contribution in [1.82, 2.24) is 5.32 Å². The molecule has 1 saturated heterocycles. The molecule has 1 aromatic rings. The van der Waals surface area contributed by atoms with Gasteiger partial charge in [0.15, 0.2) is 5.79 Å². The lowest BCUT2D eigenvalue weighted by atomic mass is 10.1. The Kier molecular flexibility index (Phi) is 4.45. The van der Waals surface area contributed by atoms with Crippen molar-refractivity contribution in [3.63, 3.8) is 0 Å². The fourth-order valence-corrected chi connectivity index (χ4v) is 2.13. The minimum Gasteiger partial charge on any atom is -0.497 e. The van der Waals surface area contributed by atoms with E-state index in [0.717, 1.165) is 5.75 Å². The zero-order valence-corrected chi connectivity index (χ0v) is 12.1. The average Bonchev–Trinajstić information content (AvgIpc) is 2.41. The molecule has 1 fully saturated rings. The molecule has 1 aromatic carbocycles. The van der Waals surface area contributed by atoms with Crippen molar-refractivity contribution in [1.29, 1.82) is 0 Å². The Labute approximate surface area is 115 Å². The molecule has 1 atom stereocenters. The molecule has 0 spiro atoms. The van der Waals surface area contributed by atoms with Gasteiger partial charge < -0.3 is 19.5 Å². The second-order valence-electron chi connectivity index (χ2n) is 5.38. The van der Waals surface area contributed by atoms with Gasteiger partial charge in [0.25, 0.3) is 0 Å². The highest BCUT2D eigenvalue weighted by atomic mass is 16.7. The summed E-state index contributed by atoms with van der Waals surface area (Å²) in [6.07, 6.45) is 0. The predicted octanol–water partition coefficient (Wildman–Crippen LogP) is 2.50. The summed E-state index contributed by atoms with van der Waals surface area (Å²) >= 11 is 0. The quantitative estimate of drug-likeness (QED) is 0.908. The summed E-state index contributed by atoms with van der Waals surface area (Å²) < 4.78 is 16.5. The van der Waals surface area contributed by atoms with Crippen LogP contribution in [0.2, 0.25) is 0 Å². The van der Waals surface area contributed by atoms with Gasteiger partial charge in [0, 0.05) is 6.04 Å². The number of nitrogens with one attached hydrogen (secondary N) is 1. The van der Waals surface area contributed by atoms with E-state index < -0.39 is 5.79 Å². The van der Waals surface area contributed by atoms with Gasteiger partial charge in [-0.3, -0.25) is 0 Å². The van der Waals surface area contributed by atoms with E-state index in [2.05, 4.69) is 24.4 Å².